The molecule has 138 valence electrons. The molecule has 0 aliphatic carbocycles. The maximum atomic E-state index is 12.6. The van der Waals surface area contributed by atoms with Crippen LogP contribution in [0.2, 0.25) is 0 Å². The van der Waals surface area contributed by atoms with E-state index >= 15 is 0 Å². The summed E-state index contributed by atoms with van der Waals surface area (Å²) in [6.45, 7) is 4.16. The molecule has 1 aliphatic rings. The number of anilines is 1. The molecule has 0 bridgehead atoms. The molecule has 1 heterocycles. The predicted molar refractivity (Wildman–Crippen MR) is 106 cm³/mol. The number of carbonyl (C=O) groups is 1. The molecular weight excluding hydrogens is 340 g/mol. The molecule has 27 heavy (non-hydrogen) atoms. The fourth-order valence-electron chi connectivity index (χ4n) is 3.39. The molecule has 0 radical (unpaired) electrons. The molecule has 5 heteroatoms. The molecule has 1 aliphatic heterocycles. The highest BCUT2D eigenvalue weighted by Gasteiger charge is 2.19. The topological polar surface area (TPSA) is 59.6 Å². The van der Waals surface area contributed by atoms with Gasteiger partial charge in [-0.1, -0.05) is 42.5 Å². The fraction of sp³-hybridized carbons (Fsp3) is 0.227. The first-order chi connectivity index (χ1) is 13.1. The molecule has 0 unspecified atom stereocenters. The number of hydrogen-bond donors (Lipinski definition) is 2. The molecule has 2 atom stereocenters. The van der Waals surface area contributed by atoms with Crippen molar-refractivity contribution in [2.24, 2.45) is 0 Å². The van der Waals surface area contributed by atoms with Gasteiger partial charge in [-0.15, -0.1) is 0 Å². The smallest absolute Gasteiger partial charge is 0.241 e. The average Bonchev–Trinajstić information content (AvgIpc) is 3.15. The van der Waals surface area contributed by atoms with Gasteiger partial charge in [0, 0.05) is 17.8 Å². The second kappa shape index (κ2) is 7.29. The normalized spacial score (nSPS) is 14.7. The first-order valence-corrected chi connectivity index (χ1v) is 9.06. The highest BCUT2D eigenvalue weighted by atomic mass is 16.7. The van der Waals surface area contributed by atoms with Crippen LogP contribution in [0.25, 0.3) is 10.8 Å². The Morgan fingerprint density at radius 2 is 1.74 bits per heavy atom. The van der Waals surface area contributed by atoms with Crippen molar-refractivity contribution >= 4 is 22.4 Å². The van der Waals surface area contributed by atoms with Crippen LogP contribution in [0.1, 0.15) is 25.5 Å². The lowest BCUT2D eigenvalue weighted by Crippen LogP contribution is -2.39. The van der Waals surface area contributed by atoms with E-state index in [2.05, 4.69) is 41.8 Å². The third kappa shape index (κ3) is 3.59. The summed E-state index contributed by atoms with van der Waals surface area (Å²) in [5.41, 5.74) is 1.87. The molecule has 3 aromatic rings. The quantitative estimate of drug-likeness (QED) is 0.712. The van der Waals surface area contributed by atoms with E-state index in [1.165, 1.54) is 16.3 Å². The van der Waals surface area contributed by atoms with E-state index < -0.39 is 0 Å². The first-order valence-electron chi connectivity index (χ1n) is 9.06. The summed E-state index contributed by atoms with van der Waals surface area (Å²) in [7, 11) is 0. The highest BCUT2D eigenvalue weighted by Crippen LogP contribution is 2.34. The van der Waals surface area contributed by atoms with Crippen LogP contribution >= 0.6 is 0 Å². The van der Waals surface area contributed by atoms with Gasteiger partial charge >= 0.3 is 0 Å². The predicted octanol–water partition coefficient (Wildman–Crippen LogP) is 4.25. The summed E-state index contributed by atoms with van der Waals surface area (Å²) in [6.07, 6.45) is 0. The number of nitrogens with one attached hydrogen (secondary N) is 2. The van der Waals surface area contributed by atoms with E-state index in [9.17, 15) is 4.79 Å². The van der Waals surface area contributed by atoms with Crippen molar-refractivity contribution in [1.82, 2.24) is 5.32 Å². The SMILES string of the molecule is C[C@H](N[C@H](C)c1cccc2ccccc12)C(=O)Nc1ccc2c(c1)OCO2. The van der Waals surface area contributed by atoms with Crippen molar-refractivity contribution in [3.05, 3.63) is 66.2 Å². The van der Waals surface area contributed by atoms with Gasteiger partial charge in [0.2, 0.25) is 12.7 Å². The van der Waals surface area contributed by atoms with Crippen LogP contribution in [0.15, 0.2) is 60.7 Å². The van der Waals surface area contributed by atoms with Crippen LogP contribution in [-0.4, -0.2) is 18.7 Å². The van der Waals surface area contributed by atoms with Crippen LogP contribution in [0.5, 0.6) is 11.5 Å². The van der Waals surface area contributed by atoms with Gasteiger partial charge in [-0.3, -0.25) is 10.1 Å². The Balaban J connectivity index is 1.44. The molecule has 0 saturated heterocycles. The van der Waals surface area contributed by atoms with Crippen LogP contribution in [0.4, 0.5) is 5.69 Å². The maximum absolute atomic E-state index is 12.6. The van der Waals surface area contributed by atoms with Gasteiger partial charge < -0.3 is 14.8 Å². The zero-order valence-electron chi connectivity index (χ0n) is 15.4. The Kier molecular flexibility index (Phi) is 4.69. The second-order valence-electron chi connectivity index (χ2n) is 6.74. The lowest BCUT2D eigenvalue weighted by atomic mass is 9.99. The number of hydrogen-bond acceptors (Lipinski definition) is 4. The number of fused-ring (bicyclic) bond motifs is 2. The number of amides is 1. The van der Waals surface area contributed by atoms with E-state index in [1.807, 2.05) is 31.2 Å². The van der Waals surface area contributed by atoms with Crippen LogP contribution in [-0.2, 0) is 4.79 Å². The monoisotopic (exact) mass is 362 g/mol. The van der Waals surface area contributed by atoms with E-state index in [4.69, 9.17) is 9.47 Å². The fourth-order valence-corrected chi connectivity index (χ4v) is 3.39. The van der Waals surface area contributed by atoms with Crippen LogP contribution in [0.3, 0.4) is 0 Å². The van der Waals surface area contributed by atoms with Gasteiger partial charge in [0.15, 0.2) is 11.5 Å². The Hall–Kier alpha value is -3.05. The van der Waals surface area contributed by atoms with Crippen molar-refractivity contribution < 1.29 is 14.3 Å². The van der Waals surface area contributed by atoms with Gasteiger partial charge in [-0.05, 0) is 42.3 Å². The summed E-state index contributed by atoms with van der Waals surface area (Å²) in [4.78, 5) is 12.6. The van der Waals surface area contributed by atoms with Crippen molar-refractivity contribution in [1.29, 1.82) is 0 Å². The Morgan fingerprint density at radius 3 is 2.63 bits per heavy atom. The largest absolute Gasteiger partial charge is 0.454 e. The Labute approximate surface area is 158 Å². The molecule has 0 fully saturated rings. The average molecular weight is 362 g/mol. The molecule has 1 amide bonds. The lowest BCUT2D eigenvalue weighted by molar-refractivity contribution is -0.117. The van der Waals surface area contributed by atoms with E-state index in [0.717, 1.165) is 0 Å². The van der Waals surface area contributed by atoms with Gasteiger partial charge in [0.25, 0.3) is 0 Å². The van der Waals surface area contributed by atoms with Crippen molar-refractivity contribution in [2.75, 3.05) is 12.1 Å². The molecular formula is C22H22N2O3. The minimum Gasteiger partial charge on any atom is -0.454 e. The zero-order chi connectivity index (χ0) is 18.8. The van der Waals surface area contributed by atoms with Crippen molar-refractivity contribution in [3.63, 3.8) is 0 Å². The molecule has 0 aromatic heterocycles. The summed E-state index contributed by atoms with van der Waals surface area (Å²) in [5.74, 6) is 1.25. The van der Waals surface area contributed by atoms with Gasteiger partial charge in [0.05, 0.1) is 6.04 Å². The van der Waals surface area contributed by atoms with E-state index in [1.54, 1.807) is 12.1 Å². The van der Waals surface area contributed by atoms with Crippen LogP contribution < -0.4 is 20.1 Å². The van der Waals surface area contributed by atoms with Crippen LogP contribution in [0, 0.1) is 0 Å². The number of ether oxygens (including phenoxy) is 2. The molecule has 2 N–H and O–H groups in total. The van der Waals surface area contributed by atoms with Gasteiger partial charge in [0.1, 0.15) is 0 Å². The van der Waals surface area contributed by atoms with Crippen molar-refractivity contribution in [3.8, 4) is 11.5 Å². The maximum Gasteiger partial charge on any atom is 0.241 e. The Morgan fingerprint density at radius 1 is 0.963 bits per heavy atom. The first kappa shape index (κ1) is 17.4. The minimum absolute atomic E-state index is 0.0357. The molecule has 3 aromatic carbocycles. The number of carbonyl (C=O) groups excluding carboxylic acids is 1. The molecule has 5 nitrogen and oxygen atoms in total. The summed E-state index contributed by atoms with van der Waals surface area (Å²) in [5, 5.41) is 8.71. The third-order valence-electron chi connectivity index (χ3n) is 4.82. The van der Waals surface area contributed by atoms with Gasteiger partial charge in [-0.25, -0.2) is 0 Å². The summed E-state index contributed by atoms with van der Waals surface area (Å²) >= 11 is 0. The van der Waals surface area contributed by atoms with Crippen molar-refractivity contribution in [2.45, 2.75) is 25.9 Å². The molecule has 0 spiro atoms. The number of rotatable bonds is 5. The molecule has 4 rings (SSSR count). The second-order valence-corrected chi connectivity index (χ2v) is 6.74. The third-order valence-corrected chi connectivity index (χ3v) is 4.82. The standard InChI is InChI=1S/C22H22N2O3/c1-14(18-9-5-7-16-6-3-4-8-19(16)18)23-15(2)22(25)24-17-10-11-20-21(12-17)27-13-26-20/h3-12,14-15,23H,13H2,1-2H3,(H,24,25)/t14-,15+/m1/s1. The number of benzene rings is 3. The summed E-state index contributed by atoms with van der Waals surface area (Å²) in [6, 6.07) is 19.6. The van der Waals surface area contributed by atoms with Gasteiger partial charge in [-0.2, -0.15) is 0 Å². The zero-order valence-corrected chi connectivity index (χ0v) is 15.4. The summed E-state index contributed by atoms with van der Waals surface area (Å²) < 4.78 is 10.7. The van der Waals surface area contributed by atoms with E-state index in [0.29, 0.717) is 17.2 Å². The van der Waals surface area contributed by atoms with E-state index in [-0.39, 0.29) is 24.8 Å². The highest BCUT2D eigenvalue weighted by molar-refractivity contribution is 5.95. The Bertz CT molecular complexity index is 981. The molecule has 0 saturated carbocycles. The lowest BCUT2D eigenvalue weighted by Gasteiger charge is -2.21. The minimum atomic E-state index is -0.357.